The molecule has 2 N–H and O–H groups in total. The highest BCUT2D eigenvalue weighted by Crippen LogP contribution is 2.16. The molecule has 24 heavy (non-hydrogen) atoms. The van der Waals surface area contributed by atoms with E-state index in [-0.39, 0.29) is 6.61 Å². The second-order valence-corrected chi connectivity index (χ2v) is 6.50. The highest BCUT2D eigenvalue weighted by atomic mass is 16.6. The van der Waals surface area contributed by atoms with Gasteiger partial charge < -0.3 is 19.7 Å². The molecule has 140 valence electrons. The largest absolute Gasteiger partial charge is 0.450 e. The molecule has 1 heterocycles. The van der Waals surface area contributed by atoms with E-state index in [1.54, 1.807) is 0 Å². The lowest BCUT2D eigenvalue weighted by Crippen LogP contribution is -2.39. The van der Waals surface area contributed by atoms with Crippen molar-refractivity contribution in [3.05, 3.63) is 0 Å². The van der Waals surface area contributed by atoms with Crippen LogP contribution in [0.5, 0.6) is 0 Å². The molecule has 0 spiro atoms. The Morgan fingerprint density at radius 2 is 1.54 bits per heavy atom. The van der Waals surface area contributed by atoms with Gasteiger partial charge in [0.25, 0.3) is 5.78 Å². The molecular formula is C18H32O6. The van der Waals surface area contributed by atoms with Crippen LogP contribution in [0.4, 0.5) is 0 Å². The van der Waals surface area contributed by atoms with Crippen LogP contribution in [-0.2, 0) is 19.1 Å². The Hall–Kier alpha value is -0.980. The van der Waals surface area contributed by atoms with E-state index in [0.29, 0.717) is 6.61 Å². The number of aliphatic hydroxyl groups is 2. The Labute approximate surface area is 144 Å². The molecule has 0 aromatic carbocycles. The first kappa shape index (κ1) is 21.1. The van der Waals surface area contributed by atoms with E-state index in [1.165, 1.54) is 51.4 Å². The number of ether oxygens (including phenoxy) is 2. The molecule has 1 unspecified atom stereocenters. The highest BCUT2D eigenvalue weighted by Gasteiger charge is 2.46. The number of Topliss-reactive ketones (excluding diaryl/α,β-unsaturated/α-hetero) is 1. The summed E-state index contributed by atoms with van der Waals surface area (Å²) in [6.45, 7) is 2.68. The van der Waals surface area contributed by atoms with Crippen LogP contribution in [0.2, 0.25) is 0 Å². The fourth-order valence-electron chi connectivity index (χ4n) is 2.80. The van der Waals surface area contributed by atoms with Crippen molar-refractivity contribution in [1.82, 2.24) is 0 Å². The van der Waals surface area contributed by atoms with Gasteiger partial charge in [-0.25, -0.2) is 4.79 Å². The zero-order valence-corrected chi connectivity index (χ0v) is 14.7. The van der Waals surface area contributed by atoms with Crippen molar-refractivity contribution in [2.24, 2.45) is 0 Å². The van der Waals surface area contributed by atoms with Crippen molar-refractivity contribution >= 4 is 11.8 Å². The van der Waals surface area contributed by atoms with E-state index in [4.69, 9.17) is 4.74 Å². The lowest BCUT2D eigenvalue weighted by atomic mass is 10.1. The number of esters is 1. The number of hydrogen-bond acceptors (Lipinski definition) is 6. The van der Waals surface area contributed by atoms with Crippen molar-refractivity contribution in [2.75, 3.05) is 13.2 Å². The van der Waals surface area contributed by atoms with Crippen LogP contribution in [0.3, 0.4) is 0 Å². The molecule has 0 aliphatic carbocycles. The highest BCUT2D eigenvalue weighted by molar-refractivity contribution is 6.37. The predicted octanol–water partition coefficient (Wildman–Crippen LogP) is 2.14. The third-order valence-corrected chi connectivity index (χ3v) is 4.33. The second-order valence-electron chi connectivity index (χ2n) is 6.50. The maximum absolute atomic E-state index is 11.1. The fourth-order valence-corrected chi connectivity index (χ4v) is 2.80. The smallest absolute Gasteiger partial charge is 0.378 e. The number of ketones is 1. The standard InChI is InChI=1S/C18H32O6/c1-2-3-4-5-6-7-8-9-10-11-12-23-13-14(19)17-15(20)16(21)18(22)24-17/h14-15,17,19-20H,2-13H2,1H3/t14-,15?,17+/m0/s1. The Morgan fingerprint density at radius 1 is 1.00 bits per heavy atom. The molecule has 0 radical (unpaired) electrons. The fraction of sp³-hybridized carbons (Fsp3) is 0.889. The summed E-state index contributed by atoms with van der Waals surface area (Å²) in [6, 6.07) is 0. The van der Waals surface area contributed by atoms with E-state index in [2.05, 4.69) is 11.7 Å². The van der Waals surface area contributed by atoms with Gasteiger partial charge >= 0.3 is 5.97 Å². The summed E-state index contributed by atoms with van der Waals surface area (Å²) in [4.78, 5) is 22.1. The molecule has 6 heteroatoms. The van der Waals surface area contributed by atoms with Crippen LogP contribution in [0, 0.1) is 0 Å². The van der Waals surface area contributed by atoms with Crippen LogP contribution >= 0.6 is 0 Å². The molecule has 1 aliphatic rings. The van der Waals surface area contributed by atoms with E-state index >= 15 is 0 Å². The Balaban J connectivity index is 1.92. The minimum Gasteiger partial charge on any atom is -0.450 e. The molecular weight excluding hydrogens is 312 g/mol. The van der Waals surface area contributed by atoms with Gasteiger partial charge in [-0.1, -0.05) is 64.7 Å². The average Bonchev–Trinajstić information content (AvgIpc) is 2.83. The van der Waals surface area contributed by atoms with Gasteiger partial charge in [0, 0.05) is 6.61 Å². The van der Waals surface area contributed by atoms with E-state index in [9.17, 15) is 19.8 Å². The van der Waals surface area contributed by atoms with Gasteiger partial charge in [-0.15, -0.1) is 0 Å². The maximum Gasteiger partial charge on any atom is 0.378 e. The van der Waals surface area contributed by atoms with Gasteiger partial charge in [0.15, 0.2) is 12.2 Å². The van der Waals surface area contributed by atoms with Gasteiger partial charge in [-0.2, -0.15) is 0 Å². The first-order valence-corrected chi connectivity index (χ1v) is 9.26. The quantitative estimate of drug-likeness (QED) is 0.285. The minimum absolute atomic E-state index is 0.0558. The maximum atomic E-state index is 11.1. The Kier molecular flexibility index (Phi) is 10.9. The summed E-state index contributed by atoms with van der Waals surface area (Å²) in [6.07, 6.45) is 8.39. The zero-order valence-electron chi connectivity index (χ0n) is 14.7. The van der Waals surface area contributed by atoms with E-state index in [1.807, 2.05) is 0 Å². The SMILES string of the molecule is CCCCCCCCCCCCOC[C@H](O)[C@H]1OC(=O)C(=O)C1O. The summed E-state index contributed by atoms with van der Waals surface area (Å²) < 4.78 is 9.97. The van der Waals surface area contributed by atoms with Crippen molar-refractivity contribution in [2.45, 2.75) is 89.4 Å². The summed E-state index contributed by atoms with van der Waals surface area (Å²) in [5.41, 5.74) is 0. The number of cyclic esters (lactones) is 1. The molecule has 1 saturated heterocycles. The first-order valence-electron chi connectivity index (χ1n) is 9.26. The lowest BCUT2D eigenvalue weighted by molar-refractivity contribution is -0.152. The number of unbranched alkanes of at least 4 members (excludes halogenated alkanes) is 9. The molecule has 0 aromatic heterocycles. The van der Waals surface area contributed by atoms with E-state index < -0.39 is 30.1 Å². The number of carbonyl (C=O) groups excluding carboxylic acids is 2. The molecule has 0 bridgehead atoms. The molecule has 6 nitrogen and oxygen atoms in total. The number of aliphatic hydroxyl groups excluding tert-OH is 2. The summed E-state index contributed by atoms with van der Waals surface area (Å²) in [5.74, 6) is -2.10. The number of hydrogen-bond donors (Lipinski definition) is 2. The minimum atomic E-state index is -1.59. The summed E-state index contributed by atoms with van der Waals surface area (Å²) in [5, 5.41) is 19.3. The zero-order chi connectivity index (χ0) is 17.8. The van der Waals surface area contributed by atoms with Crippen LogP contribution < -0.4 is 0 Å². The van der Waals surface area contributed by atoms with Crippen molar-refractivity contribution < 1.29 is 29.3 Å². The topological polar surface area (TPSA) is 93.1 Å². The molecule has 3 atom stereocenters. The van der Waals surface area contributed by atoms with Gasteiger partial charge in [-0.3, -0.25) is 4.79 Å². The molecule has 1 rings (SSSR count). The van der Waals surface area contributed by atoms with Crippen LogP contribution in [0.1, 0.15) is 71.1 Å². The van der Waals surface area contributed by atoms with Crippen LogP contribution in [0.25, 0.3) is 0 Å². The lowest BCUT2D eigenvalue weighted by Gasteiger charge is -2.18. The van der Waals surface area contributed by atoms with Crippen molar-refractivity contribution in [3.63, 3.8) is 0 Å². The monoisotopic (exact) mass is 344 g/mol. The van der Waals surface area contributed by atoms with E-state index in [0.717, 1.165) is 12.8 Å². The molecule has 1 aliphatic heterocycles. The molecule has 1 fully saturated rings. The van der Waals surface area contributed by atoms with Crippen LogP contribution in [0.15, 0.2) is 0 Å². The number of carbonyl (C=O) groups is 2. The molecule has 0 saturated carbocycles. The van der Waals surface area contributed by atoms with Crippen LogP contribution in [-0.4, -0.2) is 53.5 Å². The summed E-state index contributed by atoms with van der Waals surface area (Å²) >= 11 is 0. The van der Waals surface area contributed by atoms with Gasteiger partial charge in [-0.05, 0) is 6.42 Å². The molecule has 0 aromatic rings. The third kappa shape index (κ3) is 7.73. The summed E-state index contributed by atoms with van der Waals surface area (Å²) in [7, 11) is 0. The second kappa shape index (κ2) is 12.4. The normalized spacial score (nSPS) is 22.0. The Bertz CT molecular complexity index is 371. The van der Waals surface area contributed by atoms with Gasteiger partial charge in [0.05, 0.1) is 6.61 Å². The average molecular weight is 344 g/mol. The van der Waals surface area contributed by atoms with Gasteiger partial charge in [0.1, 0.15) is 6.10 Å². The first-order chi connectivity index (χ1) is 11.6. The molecule has 0 amide bonds. The Morgan fingerprint density at radius 3 is 2.04 bits per heavy atom. The predicted molar refractivity (Wildman–Crippen MR) is 89.6 cm³/mol. The number of rotatable bonds is 14. The van der Waals surface area contributed by atoms with Crippen molar-refractivity contribution in [3.8, 4) is 0 Å². The van der Waals surface area contributed by atoms with Gasteiger partial charge in [0.2, 0.25) is 0 Å². The third-order valence-electron chi connectivity index (χ3n) is 4.33. The van der Waals surface area contributed by atoms with Crippen molar-refractivity contribution in [1.29, 1.82) is 0 Å².